The van der Waals surface area contributed by atoms with Crippen LogP contribution in [-0.2, 0) is 24.7 Å². The number of likely N-dealkylation sites (tertiary alicyclic amines) is 1. The van der Waals surface area contributed by atoms with Gasteiger partial charge in [-0.05, 0) is 55.4 Å². The van der Waals surface area contributed by atoms with Crippen LogP contribution in [0.25, 0.3) is 0 Å². The van der Waals surface area contributed by atoms with Gasteiger partial charge in [0.25, 0.3) is 5.56 Å². The monoisotopic (exact) mass is 539 g/mol. The number of piperidine rings is 1. The zero-order chi connectivity index (χ0) is 24.1. The Balaban J connectivity index is 1.33. The van der Waals surface area contributed by atoms with Gasteiger partial charge in [-0.2, -0.15) is 0 Å². The van der Waals surface area contributed by atoms with Crippen molar-refractivity contribution in [3.8, 4) is 0 Å². The van der Waals surface area contributed by atoms with Crippen LogP contribution in [0.2, 0.25) is 0 Å². The van der Waals surface area contributed by atoms with E-state index in [0.29, 0.717) is 28.8 Å². The minimum absolute atomic E-state index is 0.0490. The van der Waals surface area contributed by atoms with Crippen LogP contribution in [0.1, 0.15) is 35.2 Å². The molecule has 0 aliphatic carbocycles. The summed E-state index contributed by atoms with van der Waals surface area (Å²) >= 11 is 4.79. The van der Waals surface area contributed by atoms with Gasteiger partial charge in [0, 0.05) is 42.3 Å². The first-order valence-corrected chi connectivity index (χ1v) is 13.4. The Hall–Kier alpha value is -2.38. The first kappa shape index (κ1) is 24.7. The molecule has 2 aromatic carbocycles. The van der Waals surface area contributed by atoms with E-state index < -0.39 is 0 Å². The number of aromatic nitrogens is 2. The normalized spacial score (nSPS) is 14.4. The van der Waals surface area contributed by atoms with Crippen LogP contribution in [0.3, 0.4) is 0 Å². The van der Waals surface area contributed by atoms with Crippen molar-refractivity contribution >= 4 is 33.6 Å². The molecule has 1 aromatic heterocycles. The highest BCUT2D eigenvalue weighted by Crippen LogP contribution is 2.23. The van der Waals surface area contributed by atoms with E-state index in [-0.39, 0.29) is 11.5 Å². The van der Waals surface area contributed by atoms with Crippen molar-refractivity contribution in [1.82, 2.24) is 14.5 Å². The van der Waals surface area contributed by atoms with E-state index in [9.17, 15) is 9.59 Å². The van der Waals surface area contributed by atoms with E-state index in [1.54, 1.807) is 11.6 Å². The standard InChI is InChI=1S/C27H30BrN3O2S/c1-19-24(17-21-8-10-23(28)11-9-21)26(33)30(2)27(29-19)34-18-25(32)31-14-12-22(13-15-31)16-20-6-4-3-5-7-20/h3-11,22H,12-18H2,1-2H3. The number of amides is 1. The number of carbonyl (C=O) groups excluding carboxylic acids is 1. The highest BCUT2D eigenvalue weighted by atomic mass is 79.9. The summed E-state index contributed by atoms with van der Waals surface area (Å²) in [6.07, 6.45) is 3.69. The molecule has 0 N–H and O–H groups in total. The number of benzene rings is 2. The number of aryl methyl sites for hydroxylation is 1. The van der Waals surface area contributed by atoms with Gasteiger partial charge in [-0.15, -0.1) is 0 Å². The summed E-state index contributed by atoms with van der Waals surface area (Å²) in [6, 6.07) is 18.5. The molecule has 2 heterocycles. The zero-order valence-corrected chi connectivity index (χ0v) is 22.1. The van der Waals surface area contributed by atoms with E-state index in [0.717, 1.165) is 48.1 Å². The van der Waals surface area contributed by atoms with Crippen LogP contribution < -0.4 is 5.56 Å². The minimum Gasteiger partial charge on any atom is -0.342 e. The second kappa shape index (κ2) is 11.4. The maximum absolute atomic E-state index is 13.0. The van der Waals surface area contributed by atoms with Gasteiger partial charge < -0.3 is 4.90 Å². The SMILES string of the molecule is Cc1nc(SCC(=O)N2CCC(Cc3ccccc3)CC2)n(C)c(=O)c1Cc1ccc(Br)cc1. The van der Waals surface area contributed by atoms with Gasteiger partial charge in [-0.1, -0.05) is 70.2 Å². The molecule has 5 nitrogen and oxygen atoms in total. The van der Waals surface area contributed by atoms with Gasteiger partial charge in [0.05, 0.1) is 5.75 Å². The van der Waals surface area contributed by atoms with Gasteiger partial charge in [-0.3, -0.25) is 14.2 Å². The molecule has 4 rings (SSSR count). The van der Waals surface area contributed by atoms with E-state index in [1.165, 1.54) is 17.3 Å². The maximum atomic E-state index is 13.0. The average molecular weight is 541 g/mol. The highest BCUT2D eigenvalue weighted by molar-refractivity contribution is 9.10. The molecule has 0 unspecified atom stereocenters. The molecule has 3 aromatic rings. The Labute approximate surface area is 213 Å². The lowest BCUT2D eigenvalue weighted by Gasteiger charge is -2.32. The van der Waals surface area contributed by atoms with Gasteiger partial charge in [0.15, 0.2) is 5.16 Å². The number of hydrogen-bond donors (Lipinski definition) is 0. The van der Waals surface area contributed by atoms with Gasteiger partial charge >= 0.3 is 0 Å². The quantitative estimate of drug-likeness (QED) is 0.312. The van der Waals surface area contributed by atoms with Crippen molar-refractivity contribution in [3.05, 3.63) is 91.8 Å². The summed E-state index contributed by atoms with van der Waals surface area (Å²) in [7, 11) is 1.74. The van der Waals surface area contributed by atoms with Crippen LogP contribution in [0, 0.1) is 12.8 Å². The summed E-state index contributed by atoms with van der Waals surface area (Å²) in [4.78, 5) is 32.5. The second-order valence-corrected chi connectivity index (χ2v) is 10.8. The number of halogens is 1. The summed E-state index contributed by atoms with van der Waals surface area (Å²) in [6.45, 7) is 3.47. The number of nitrogens with zero attached hydrogens (tertiary/aromatic N) is 3. The number of hydrogen-bond acceptors (Lipinski definition) is 4. The molecule has 1 aliphatic rings. The molecule has 178 valence electrons. The Morgan fingerprint density at radius 1 is 1.06 bits per heavy atom. The predicted octanol–water partition coefficient (Wildman–Crippen LogP) is 5.02. The Morgan fingerprint density at radius 3 is 2.41 bits per heavy atom. The summed E-state index contributed by atoms with van der Waals surface area (Å²) < 4.78 is 2.58. The molecular formula is C27H30BrN3O2S. The third kappa shape index (κ3) is 6.19. The summed E-state index contributed by atoms with van der Waals surface area (Å²) in [5.41, 5.74) is 3.81. The number of carbonyl (C=O) groups is 1. The first-order valence-electron chi connectivity index (χ1n) is 11.7. The molecule has 1 fully saturated rings. The molecule has 7 heteroatoms. The summed E-state index contributed by atoms with van der Waals surface area (Å²) in [5.74, 6) is 1.05. The van der Waals surface area contributed by atoms with Crippen molar-refractivity contribution in [3.63, 3.8) is 0 Å². The van der Waals surface area contributed by atoms with Crippen LogP contribution in [0.5, 0.6) is 0 Å². The molecule has 0 bridgehead atoms. The molecule has 34 heavy (non-hydrogen) atoms. The van der Waals surface area contributed by atoms with Crippen LogP contribution in [0.4, 0.5) is 0 Å². The predicted molar refractivity (Wildman–Crippen MR) is 141 cm³/mol. The minimum atomic E-state index is -0.0490. The fraction of sp³-hybridized carbons (Fsp3) is 0.370. The number of rotatable bonds is 7. The second-order valence-electron chi connectivity index (χ2n) is 8.93. The molecule has 1 amide bonds. The van der Waals surface area contributed by atoms with Gasteiger partial charge in [0.1, 0.15) is 0 Å². The first-order chi connectivity index (χ1) is 16.4. The average Bonchev–Trinajstić information content (AvgIpc) is 2.85. The zero-order valence-electron chi connectivity index (χ0n) is 19.7. The lowest BCUT2D eigenvalue weighted by molar-refractivity contribution is -0.129. The van der Waals surface area contributed by atoms with Gasteiger partial charge in [0.2, 0.25) is 5.91 Å². The molecule has 0 saturated carbocycles. The van der Waals surface area contributed by atoms with E-state index >= 15 is 0 Å². The van der Waals surface area contributed by atoms with Crippen LogP contribution in [-0.4, -0.2) is 39.2 Å². The smallest absolute Gasteiger partial charge is 0.257 e. The topological polar surface area (TPSA) is 55.2 Å². The summed E-state index contributed by atoms with van der Waals surface area (Å²) in [5, 5.41) is 0.592. The van der Waals surface area contributed by atoms with Crippen LogP contribution >= 0.6 is 27.7 Å². The Morgan fingerprint density at radius 2 is 1.74 bits per heavy atom. The molecular weight excluding hydrogens is 510 g/mol. The molecule has 1 saturated heterocycles. The molecule has 1 aliphatic heterocycles. The third-order valence-electron chi connectivity index (χ3n) is 6.50. The van der Waals surface area contributed by atoms with Crippen molar-refractivity contribution in [1.29, 1.82) is 0 Å². The number of thioether (sulfide) groups is 1. The van der Waals surface area contributed by atoms with Gasteiger partial charge in [-0.25, -0.2) is 4.98 Å². The van der Waals surface area contributed by atoms with Crippen molar-refractivity contribution in [2.45, 2.75) is 37.8 Å². The van der Waals surface area contributed by atoms with E-state index in [2.05, 4.69) is 45.2 Å². The highest BCUT2D eigenvalue weighted by Gasteiger charge is 2.23. The maximum Gasteiger partial charge on any atom is 0.257 e. The fourth-order valence-corrected chi connectivity index (χ4v) is 5.60. The largest absolute Gasteiger partial charge is 0.342 e. The third-order valence-corrected chi connectivity index (χ3v) is 8.05. The van der Waals surface area contributed by atoms with Crippen molar-refractivity contribution in [2.75, 3.05) is 18.8 Å². The molecule has 0 radical (unpaired) electrons. The molecule has 0 atom stereocenters. The van der Waals surface area contributed by atoms with Crippen molar-refractivity contribution in [2.24, 2.45) is 13.0 Å². The van der Waals surface area contributed by atoms with E-state index in [4.69, 9.17) is 0 Å². The van der Waals surface area contributed by atoms with Crippen LogP contribution in [0.15, 0.2) is 69.0 Å². The van der Waals surface area contributed by atoms with Crippen molar-refractivity contribution < 1.29 is 4.79 Å². The lowest BCUT2D eigenvalue weighted by atomic mass is 9.90. The Bertz CT molecular complexity index is 1190. The lowest BCUT2D eigenvalue weighted by Crippen LogP contribution is -2.40. The Kier molecular flexibility index (Phi) is 8.27. The molecule has 0 spiro atoms. The van der Waals surface area contributed by atoms with E-state index in [1.807, 2.05) is 42.2 Å². The fourth-order valence-electron chi connectivity index (χ4n) is 4.42.